The number of nitrogens with zero attached hydrogens (tertiary/aromatic N) is 2. The van der Waals surface area contributed by atoms with Gasteiger partial charge in [0.25, 0.3) is 0 Å². The number of hydrazone groups is 1. The second-order valence-electron chi connectivity index (χ2n) is 9.91. The first-order valence-corrected chi connectivity index (χ1v) is 14.4. The zero-order valence-electron chi connectivity index (χ0n) is 22.5. The highest BCUT2D eigenvalue weighted by Gasteiger charge is 2.32. The van der Waals surface area contributed by atoms with Crippen molar-refractivity contribution in [3.63, 3.8) is 0 Å². The lowest BCUT2D eigenvalue weighted by Crippen LogP contribution is -2.42. The van der Waals surface area contributed by atoms with E-state index < -0.39 is 10.0 Å². The molecule has 39 heavy (non-hydrogen) atoms. The number of benzene rings is 3. The normalized spacial score (nSPS) is 15.1. The summed E-state index contributed by atoms with van der Waals surface area (Å²) in [5.41, 5.74) is 7.31. The molecule has 9 heteroatoms. The van der Waals surface area contributed by atoms with E-state index in [1.165, 1.54) is 4.31 Å². The molecule has 1 heterocycles. The molecule has 0 unspecified atom stereocenters. The minimum atomic E-state index is -3.61. The van der Waals surface area contributed by atoms with Gasteiger partial charge in [-0.3, -0.25) is 9.59 Å². The predicted octanol–water partition coefficient (Wildman–Crippen LogP) is 4.43. The Morgan fingerprint density at radius 1 is 0.949 bits per heavy atom. The Morgan fingerprint density at radius 3 is 2.28 bits per heavy atom. The number of hydrogen-bond acceptors (Lipinski definition) is 5. The molecule has 1 saturated heterocycles. The average molecular weight is 547 g/mol. The van der Waals surface area contributed by atoms with Crippen LogP contribution >= 0.6 is 0 Å². The highest BCUT2D eigenvalue weighted by molar-refractivity contribution is 7.89. The summed E-state index contributed by atoms with van der Waals surface area (Å²) in [6.07, 6.45) is 1.16. The van der Waals surface area contributed by atoms with Gasteiger partial charge in [-0.25, -0.2) is 13.8 Å². The molecule has 0 spiro atoms. The Labute approximate surface area is 230 Å². The number of carbonyl (C=O) groups is 2. The summed E-state index contributed by atoms with van der Waals surface area (Å²) in [4.78, 5) is 25.4. The molecule has 0 aromatic heterocycles. The van der Waals surface area contributed by atoms with E-state index in [-0.39, 0.29) is 30.8 Å². The van der Waals surface area contributed by atoms with Crippen LogP contribution in [0.1, 0.15) is 42.0 Å². The van der Waals surface area contributed by atoms with Gasteiger partial charge in [0.1, 0.15) is 0 Å². The largest absolute Gasteiger partial charge is 0.326 e. The van der Waals surface area contributed by atoms with Gasteiger partial charge in [0, 0.05) is 24.7 Å². The second kappa shape index (κ2) is 12.4. The zero-order chi connectivity index (χ0) is 28.0. The number of carbonyl (C=O) groups excluding carboxylic acids is 2. The molecule has 0 radical (unpaired) electrons. The third-order valence-electron chi connectivity index (χ3n) is 6.91. The molecule has 1 fully saturated rings. The maximum atomic E-state index is 13.2. The van der Waals surface area contributed by atoms with E-state index in [9.17, 15) is 18.0 Å². The van der Waals surface area contributed by atoms with Crippen molar-refractivity contribution in [3.8, 4) is 0 Å². The summed E-state index contributed by atoms with van der Waals surface area (Å²) in [6.45, 7) is 6.03. The Hall–Kier alpha value is -3.82. The van der Waals surface area contributed by atoms with Gasteiger partial charge in [0.15, 0.2) is 0 Å². The Balaban J connectivity index is 1.28. The molecule has 1 aliphatic rings. The molecule has 0 aliphatic carbocycles. The lowest BCUT2D eigenvalue weighted by molar-refractivity contribution is -0.126. The van der Waals surface area contributed by atoms with Crippen molar-refractivity contribution in [1.82, 2.24) is 9.73 Å². The standard InChI is InChI=1S/C30H34N4O4S/c1-21-9-10-22(2)28(19-21)39(37,38)34-17-15-26(16-18-34)30(36)33-32-23(3)25-11-13-27(14-12-25)31-29(35)20-24-7-5-4-6-8-24/h4-14,19,26H,15-18,20H2,1-3H3,(H,31,35)(H,33,36)/b32-23+. The number of amides is 2. The fourth-order valence-electron chi connectivity index (χ4n) is 4.56. The van der Waals surface area contributed by atoms with Gasteiger partial charge in [0.05, 0.1) is 17.0 Å². The van der Waals surface area contributed by atoms with E-state index in [4.69, 9.17) is 0 Å². The number of nitrogens with one attached hydrogen (secondary N) is 2. The molecular weight excluding hydrogens is 512 g/mol. The van der Waals surface area contributed by atoms with Crippen LogP contribution in [-0.4, -0.2) is 43.3 Å². The van der Waals surface area contributed by atoms with Gasteiger partial charge in [0.2, 0.25) is 21.8 Å². The van der Waals surface area contributed by atoms with Crippen molar-refractivity contribution in [1.29, 1.82) is 0 Å². The quantitative estimate of drug-likeness (QED) is 0.322. The van der Waals surface area contributed by atoms with Gasteiger partial charge in [-0.05, 0) is 74.1 Å². The summed E-state index contributed by atoms with van der Waals surface area (Å²) < 4.78 is 27.8. The van der Waals surface area contributed by atoms with Crippen LogP contribution in [-0.2, 0) is 26.0 Å². The predicted molar refractivity (Wildman–Crippen MR) is 153 cm³/mol. The molecule has 204 valence electrons. The van der Waals surface area contributed by atoms with Crippen molar-refractivity contribution in [3.05, 3.63) is 95.1 Å². The highest BCUT2D eigenvalue weighted by atomic mass is 32.2. The molecule has 8 nitrogen and oxygen atoms in total. The van der Waals surface area contributed by atoms with E-state index in [0.29, 0.717) is 41.1 Å². The first-order chi connectivity index (χ1) is 18.6. The molecule has 2 N–H and O–H groups in total. The average Bonchev–Trinajstić information content (AvgIpc) is 2.93. The maximum Gasteiger partial charge on any atom is 0.243 e. The number of piperidine rings is 1. The number of rotatable bonds is 8. The Kier molecular flexibility index (Phi) is 8.93. The molecule has 1 aliphatic heterocycles. The summed E-state index contributed by atoms with van der Waals surface area (Å²) >= 11 is 0. The van der Waals surface area contributed by atoms with Gasteiger partial charge in [-0.15, -0.1) is 0 Å². The zero-order valence-corrected chi connectivity index (χ0v) is 23.3. The molecule has 0 saturated carbocycles. The van der Waals surface area contributed by atoms with Crippen LogP contribution in [0.3, 0.4) is 0 Å². The van der Waals surface area contributed by atoms with Crippen LogP contribution in [0.25, 0.3) is 0 Å². The van der Waals surface area contributed by atoms with Gasteiger partial charge < -0.3 is 5.32 Å². The fourth-order valence-corrected chi connectivity index (χ4v) is 6.34. The van der Waals surface area contributed by atoms with E-state index in [2.05, 4.69) is 15.8 Å². The molecule has 2 amide bonds. The summed E-state index contributed by atoms with van der Waals surface area (Å²) in [5.74, 6) is -0.629. The van der Waals surface area contributed by atoms with Crippen molar-refractivity contribution in [2.45, 2.75) is 44.9 Å². The first-order valence-electron chi connectivity index (χ1n) is 13.0. The van der Waals surface area contributed by atoms with Crippen molar-refractivity contribution in [2.24, 2.45) is 11.0 Å². The third kappa shape index (κ3) is 7.19. The van der Waals surface area contributed by atoms with Crippen LogP contribution in [0.4, 0.5) is 5.69 Å². The third-order valence-corrected chi connectivity index (χ3v) is 8.95. The minimum Gasteiger partial charge on any atom is -0.326 e. The lowest BCUT2D eigenvalue weighted by atomic mass is 9.98. The van der Waals surface area contributed by atoms with E-state index >= 15 is 0 Å². The first kappa shape index (κ1) is 28.2. The topological polar surface area (TPSA) is 108 Å². The number of hydrogen-bond donors (Lipinski definition) is 2. The van der Waals surface area contributed by atoms with Gasteiger partial charge in [-0.1, -0.05) is 54.6 Å². The Bertz CT molecular complexity index is 1460. The van der Waals surface area contributed by atoms with E-state index in [1.807, 2.05) is 61.5 Å². The highest BCUT2D eigenvalue weighted by Crippen LogP contribution is 2.26. The molecule has 0 atom stereocenters. The lowest BCUT2D eigenvalue weighted by Gasteiger charge is -2.30. The van der Waals surface area contributed by atoms with E-state index in [1.54, 1.807) is 32.0 Å². The fraction of sp³-hybridized carbons (Fsp3) is 0.300. The SMILES string of the molecule is C/C(=N\NC(=O)C1CCN(S(=O)(=O)c2cc(C)ccc2C)CC1)c1ccc(NC(=O)Cc2ccccc2)cc1. The number of aryl methyl sites for hydroxylation is 2. The molecule has 4 rings (SSSR count). The number of sulfonamides is 1. The van der Waals surface area contributed by atoms with Crippen LogP contribution in [0, 0.1) is 19.8 Å². The summed E-state index contributed by atoms with van der Waals surface area (Å²) in [7, 11) is -3.61. The summed E-state index contributed by atoms with van der Waals surface area (Å²) in [5, 5.41) is 7.14. The van der Waals surface area contributed by atoms with Crippen LogP contribution < -0.4 is 10.7 Å². The van der Waals surface area contributed by atoms with Gasteiger partial charge >= 0.3 is 0 Å². The van der Waals surface area contributed by atoms with Crippen molar-refractivity contribution < 1.29 is 18.0 Å². The van der Waals surface area contributed by atoms with Crippen molar-refractivity contribution in [2.75, 3.05) is 18.4 Å². The smallest absolute Gasteiger partial charge is 0.243 e. The van der Waals surface area contributed by atoms with Crippen LogP contribution in [0.5, 0.6) is 0 Å². The molecule has 0 bridgehead atoms. The monoisotopic (exact) mass is 546 g/mol. The second-order valence-corrected chi connectivity index (χ2v) is 11.8. The molecule has 3 aromatic rings. The molecular formula is C30H34N4O4S. The van der Waals surface area contributed by atoms with Crippen LogP contribution in [0.15, 0.2) is 82.8 Å². The van der Waals surface area contributed by atoms with Crippen molar-refractivity contribution >= 4 is 33.2 Å². The van der Waals surface area contributed by atoms with Crippen LogP contribution in [0.2, 0.25) is 0 Å². The van der Waals surface area contributed by atoms with E-state index in [0.717, 1.165) is 16.7 Å². The number of anilines is 1. The molecule has 3 aromatic carbocycles. The van der Waals surface area contributed by atoms with Gasteiger partial charge in [-0.2, -0.15) is 9.41 Å². The summed E-state index contributed by atoms with van der Waals surface area (Å²) in [6, 6.07) is 22.2. The maximum absolute atomic E-state index is 13.2. The minimum absolute atomic E-state index is 0.0977. The Morgan fingerprint density at radius 2 is 1.62 bits per heavy atom.